The second-order valence-corrected chi connectivity index (χ2v) is 3.39. The lowest BCUT2D eigenvalue weighted by Crippen LogP contribution is -2.28. The quantitative estimate of drug-likeness (QED) is 0.643. The van der Waals surface area contributed by atoms with Gasteiger partial charge in [0.1, 0.15) is 0 Å². The molecule has 0 spiro atoms. The molecule has 0 bridgehead atoms. The maximum atomic E-state index is 11.4. The number of amides is 1. The largest absolute Gasteiger partial charge is 0.378 e. The molecular formula is C10H18N2O2. The summed E-state index contributed by atoms with van der Waals surface area (Å²) in [6, 6.07) is 2.00. The second-order valence-electron chi connectivity index (χ2n) is 3.39. The van der Waals surface area contributed by atoms with E-state index in [1.54, 1.807) is 11.9 Å². The van der Waals surface area contributed by atoms with Crippen molar-refractivity contribution in [2.24, 2.45) is 0 Å². The maximum Gasteiger partial charge on any atom is 0.224 e. The molecule has 0 aliphatic carbocycles. The number of nitriles is 1. The average Bonchev–Trinajstić information content (AvgIpc) is 2.13. The molecule has 4 nitrogen and oxygen atoms in total. The molecule has 0 aliphatic rings. The zero-order chi connectivity index (χ0) is 11.0. The van der Waals surface area contributed by atoms with Crippen LogP contribution in [0.25, 0.3) is 0 Å². The van der Waals surface area contributed by atoms with Crippen LogP contribution in [0.1, 0.15) is 26.7 Å². The normalized spacial score (nSPS) is 9.93. The van der Waals surface area contributed by atoms with E-state index in [1.165, 1.54) is 0 Å². The molecule has 0 radical (unpaired) electrons. The predicted molar refractivity (Wildman–Crippen MR) is 53.6 cm³/mol. The van der Waals surface area contributed by atoms with Crippen molar-refractivity contribution in [3.63, 3.8) is 0 Å². The van der Waals surface area contributed by atoms with Crippen LogP contribution in [0.15, 0.2) is 0 Å². The average molecular weight is 198 g/mol. The first-order valence-corrected chi connectivity index (χ1v) is 4.80. The van der Waals surface area contributed by atoms with Crippen molar-refractivity contribution < 1.29 is 9.53 Å². The summed E-state index contributed by atoms with van der Waals surface area (Å²) < 4.78 is 5.25. The van der Waals surface area contributed by atoms with E-state index in [9.17, 15) is 4.79 Å². The van der Waals surface area contributed by atoms with Crippen molar-refractivity contribution in [1.82, 2.24) is 4.90 Å². The van der Waals surface area contributed by atoms with Gasteiger partial charge in [0.05, 0.1) is 31.6 Å². The Morgan fingerprint density at radius 3 is 2.71 bits per heavy atom. The second kappa shape index (κ2) is 7.34. The van der Waals surface area contributed by atoms with Crippen molar-refractivity contribution in [2.75, 3.05) is 20.2 Å². The summed E-state index contributed by atoms with van der Waals surface area (Å²) in [5.41, 5.74) is 0. The lowest BCUT2D eigenvalue weighted by molar-refractivity contribution is -0.131. The molecule has 0 atom stereocenters. The Labute approximate surface area is 85.5 Å². The van der Waals surface area contributed by atoms with Crippen molar-refractivity contribution in [3.05, 3.63) is 0 Å². The Hall–Kier alpha value is -1.08. The summed E-state index contributed by atoms with van der Waals surface area (Å²) in [7, 11) is 1.70. The molecular weight excluding hydrogens is 180 g/mol. The third kappa shape index (κ3) is 6.44. The highest BCUT2D eigenvalue weighted by Gasteiger charge is 2.07. The Bertz CT molecular complexity index is 209. The maximum absolute atomic E-state index is 11.4. The highest BCUT2D eigenvalue weighted by Crippen LogP contribution is 1.95. The molecule has 0 unspecified atom stereocenters. The molecule has 0 aromatic carbocycles. The summed E-state index contributed by atoms with van der Waals surface area (Å²) in [6.45, 7) is 4.82. The number of rotatable bonds is 6. The zero-order valence-corrected chi connectivity index (χ0v) is 9.12. The van der Waals surface area contributed by atoms with Crippen molar-refractivity contribution in [1.29, 1.82) is 5.26 Å². The molecule has 0 N–H and O–H groups in total. The van der Waals surface area contributed by atoms with Crippen LogP contribution < -0.4 is 0 Å². The monoisotopic (exact) mass is 198 g/mol. The van der Waals surface area contributed by atoms with Crippen LogP contribution in [-0.2, 0) is 9.53 Å². The molecule has 0 aromatic heterocycles. The van der Waals surface area contributed by atoms with Gasteiger partial charge >= 0.3 is 0 Å². The molecule has 80 valence electrons. The Morgan fingerprint density at radius 2 is 2.21 bits per heavy atom. The molecule has 0 rings (SSSR count). The zero-order valence-electron chi connectivity index (χ0n) is 9.12. The summed E-state index contributed by atoms with van der Waals surface area (Å²) in [4.78, 5) is 12.9. The smallest absolute Gasteiger partial charge is 0.224 e. The van der Waals surface area contributed by atoms with Crippen LogP contribution in [0.5, 0.6) is 0 Å². The van der Waals surface area contributed by atoms with E-state index in [0.29, 0.717) is 26.0 Å². The highest BCUT2D eigenvalue weighted by molar-refractivity contribution is 5.75. The van der Waals surface area contributed by atoms with Gasteiger partial charge in [0, 0.05) is 13.6 Å². The van der Waals surface area contributed by atoms with Gasteiger partial charge in [0.25, 0.3) is 0 Å². The van der Waals surface area contributed by atoms with E-state index in [2.05, 4.69) is 0 Å². The van der Waals surface area contributed by atoms with Gasteiger partial charge in [-0.1, -0.05) is 0 Å². The first kappa shape index (κ1) is 12.9. The van der Waals surface area contributed by atoms with E-state index < -0.39 is 0 Å². The van der Waals surface area contributed by atoms with Crippen LogP contribution in [-0.4, -0.2) is 37.1 Å². The molecule has 0 aromatic rings. The summed E-state index contributed by atoms with van der Waals surface area (Å²) in [5.74, 6) is 0.0286. The summed E-state index contributed by atoms with van der Waals surface area (Å²) >= 11 is 0. The minimum atomic E-state index is 0.0286. The van der Waals surface area contributed by atoms with E-state index >= 15 is 0 Å². The van der Waals surface area contributed by atoms with E-state index in [1.807, 2.05) is 19.9 Å². The molecule has 0 saturated carbocycles. The number of carbonyl (C=O) groups excluding carboxylic acids is 1. The van der Waals surface area contributed by atoms with Crippen LogP contribution >= 0.6 is 0 Å². The van der Waals surface area contributed by atoms with Gasteiger partial charge in [-0.15, -0.1) is 0 Å². The van der Waals surface area contributed by atoms with Crippen molar-refractivity contribution in [2.45, 2.75) is 32.8 Å². The van der Waals surface area contributed by atoms with Crippen LogP contribution in [0.3, 0.4) is 0 Å². The van der Waals surface area contributed by atoms with E-state index in [4.69, 9.17) is 10.00 Å². The van der Waals surface area contributed by atoms with E-state index in [-0.39, 0.29) is 12.0 Å². The fraction of sp³-hybridized carbons (Fsp3) is 0.800. The summed E-state index contributed by atoms with van der Waals surface area (Å²) in [5, 5.41) is 8.33. The first-order chi connectivity index (χ1) is 6.57. The van der Waals surface area contributed by atoms with Gasteiger partial charge < -0.3 is 9.64 Å². The third-order valence-electron chi connectivity index (χ3n) is 1.75. The number of hydrogen-bond donors (Lipinski definition) is 0. The van der Waals surface area contributed by atoms with Gasteiger partial charge in [-0.2, -0.15) is 5.26 Å². The Balaban J connectivity index is 3.58. The number of ether oxygens (including phenoxy) is 1. The van der Waals surface area contributed by atoms with Crippen LogP contribution in [0, 0.1) is 11.3 Å². The fourth-order valence-corrected chi connectivity index (χ4v) is 0.915. The minimum absolute atomic E-state index is 0.0286. The number of nitrogens with zero attached hydrogens (tertiary/aromatic N) is 2. The van der Waals surface area contributed by atoms with Crippen LogP contribution in [0.4, 0.5) is 0 Å². The van der Waals surface area contributed by atoms with Gasteiger partial charge in [-0.25, -0.2) is 0 Å². The van der Waals surface area contributed by atoms with Crippen molar-refractivity contribution in [3.8, 4) is 6.07 Å². The van der Waals surface area contributed by atoms with Gasteiger partial charge in [-0.3, -0.25) is 4.79 Å². The number of carbonyl (C=O) groups is 1. The standard InChI is InChI=1S/C10H18N2O2/c1-9(2)14-8-5-10(13)12(3)7-4-6-11/h9H,4-5,7-8H2,1-3H3. The molecule has 4 heteroatoms. The lowest BCUT2D eigenvalue weighted by Gasteiger charge is -2.15. The molecule has 0 saturated heterocycles. The van der Waals surface area contributed by atoms with E-state index in [0.717, 1.165) is 0 Å². The van der Waals surface area contributed by atoms with Gasteiger partial charge in [0.15, 0.2) is 0 Å². The predicted octanol–water partition coefficient (Wildman–Crippen LogP) is 1.17. The SMILES string of the molecule is CC(C)OCCC(=O)N(C)CCC#N. The summed E-state index contributed by atoms with van der Waals surface area (Å²) in [6.07, 6.45) is 0.931. The minimum Gasteiger partial charge on any atom is -0.378 e. The molecule has 0 heterocycles. The van der Waals surface area contributed by atoms with Crippen molar-refractivity contribution >= 4 is 5.91 Å². The number of hydrogen-bond acceptors (Lipinski definition) is 3. The molecule has 1 amide bonds. The Morgan fingerprint density at radius 1 is 1.57 bits per heavy atom. The third-order valence-corrected chi connectivity index (χ3v) is 1.75. The topological polar surface area (TPSA) is 53.3 Å². The molecule has 0 fully saturated rings. The van der Waals surface area contributed by atoms with Crippen LogP contribution in [0.2, 0.25) is 0 Å². The fourth-order valence-electron chi connectivity index (χ4n) is 0.915. The lowest BCUT2D eigenvalue weighted by atomic mass is 10.3. The highest BCUT2D eigenvalue weighted by atomic mass is 16.5. The van der Waals surface area contributed by atoms with Gasteiger partial charge in [0.2, 0.25) is 5.91 Å². The van der Waals surface area contributed by atoms with Gasteiger partial charge in [-0.05, 0) is 13.8 Å². The first-order valence-electron chi connectivity index (χ1n) is 4.80. The Kier molecular flexibility index (Phi) is 6.77. The molecule has 0 aliphatic heterocycles. The molecule has 14 heavy (non-hydrogen) atoms.